The first-order valence-electron chi connectivity index (χ1n) is 10.1. The smallest absolute Gasteiger partial charge is 0.267 e. The molecule has 4 nitrogen and oxygen atoms in total. The largest absolute Gasteiger partial charge is 0.396 e. The number of rotatable bonds is 18. The zero-order chi connectivity index (χ0) is 18.1. The van der Waals surface area contributed by atoms with Crippen LogP contribution in [0.15, 0.2) is 0 Å². The van der Waals surface area contributed by atoms with E-state index in [0.29, 0.717) is 19.3 Å². The zero-order valence-corrected chi connectivity index (χ0v) is 16.5. The van der Waals surface area contributed by atoms with Gasteiger partial charge in [-0.3, -0.25) is 4.55 Å². The molecule has 0 fully saturated rings. The van der Waals surface area contributed by atoms with Crippen molar-refractivity contribution in [3.63, 3.8) is 0 Å². The molecule has 0 radical (unpaired) electrons. The SMILES string of the molecule is CCCCCCCCCCCCCCCC(CCCO)S(=O)(=O)O. The molecule has 0 saturated heterocycles. The van der Waals surface area contributed by atoms with Crippen LogP contribution in [-0.4, -0.2) is 29.9 Å². The molecule has 24 heavy (non-hydrogen) atoms. The predicted octanol–water partition coefficient (Wildman–Crippen LogP) is 5.50. The van der Waals surface area contributed by atoms with Gasteiger partial charge in [-0.1, -0.05) is 90.4 Å². The molecule has 0 bridgehead atoms. The van der Waals surface area contributed by atoms with E-state index in [1.807, 2.05) is 0 Å². The van der Waals surface area contributed by atoms with E-state index in [1.54, 1.807) is 0 Å². The van der Waals surface area contributed by atoms with E-state index in [1.165, 1.54) is 64.2 Å². The van der Waals surface area contributed by atoms with Gasteiger partial charge in [0.25, 0.3) is 10.1 Å². The molecule has 0 amide bonds. The number of hydrogen-bond donors (Lipinski definition) is 2. The van der Waals surface area contributed by atoms with Crippen LogP contribution >= 0.6 is 0 Å². The summed E-state index contributed by atoms with van der Waals surface area (Å²) >= 11 is 0. The lowest BCUT2D eigenvalue weighted by molar-refractivity contribution is 0.281. The van der Waals surface area contributed by atoms with Crippen molar-refractivity contribution in [2.75, 3.05) is 6.61 Å². The molecule has 0 aromatic rings. The van der Waals surface area contributed by atoms with Crippen molar-refractivity contribution >= 4 is 10.1 Å². The summed E-state index contributed by atoms with van der Waals surface area (Å²) in [6, 6.07) is 0. The summed E-state index contributed by atoms with van der Waals surface area (Å²) < 4.78 is 31.7. The Morgan fingerprint density at radius 3 is 1.42 bits per heavy atom. The molecule has 1 atom stereocenters. The molecule has 0 heterocycles. The normalized spacial score (nSPS) is 13.3. The van der Waals surface area contributed by atoms with Crippen LogP contribution in [0.2, 0.25) is 0 Å². The Labute approximate surface area is 150 Å². The van der Waals surface area contributed by atoms with Gasteiger partial charge in [0.1, 0.15) is 0 Å². The summed E-state index contributed by atoms with van der Waals surface area (Å²) in [5.41, 5.74) is 0. The molecule has 0 aromatic carbocycles. The van der Waals surface area contributed by atoms with Crippen molar-refractivity contribution in [2.45, 2.75) is 115 Å². The highest BCUT2D eigenvalue weighted by Crippen LogP contribution is 2.17. The summed E-state index contributed by atoms with van der Waals surface area (Å²) in [4.78, 5) is 0. The molecule has 5 heteroatoms. The summed E-state index contributed by atoms with van der Waals surface area (Å²) in [7, 11) is -3.96. The first-order valence-corrected chi connectivity index (χ1v) is 11.6. The third-order valence-corrected chi connectivity index (χ3v) is 6.05. The van der Waals surface area contributed by atoms with E-state index >= 15 is 0 Å². The van der Waals surface area contributed by atoms with Crippen LogP contribution in [0.25, 0.3) is 0 Å². The van der Waals surface area contributed by atoms with Crippen molar-refractivity contribution in [1.82, 2.24) is 0 Å². The van der Waals surface area contributed by atoms with Gasteiger partial charge in [0.15, 0.2) is 0 Å². The van der Waals surface area contributed by atoms with Gasteiger partial charge in [-0.05, 0) is 19.3 Å². The molecule has 0 saturated carbocycles. The van der Waals surface area contributed by atoms with E-state index in [9.17, 15) is 13.0 Å². The number of aliphatic hydroxyl groups is 1. The van der Waals surface area contributed by atoms with Gasteiger partial charge in [0.2, 0.25) is 0 Å². The third-order valence-electron chi connectivity index (χ3n) is 4.74. The Hall–Kier alpha value is -0.130. The molecule has 0 rings (SSSR count). The molecule has 1 unspecified atom stereocenters. The van der Waals surface area contributed by atoms with Gasteiger partial charge in [0, 0.05) is 6.61 Å². The van der Waals surface area contributed by atoms with Gasteiger partial charge in [0.05, 0.1) is 5.25 Å². The quantitative estimate of drug-likeness (QED) is 0.249. The predicted molar refractivity (Wildman–Crippen MR) is 102 cm³/mol. The maximum absolute atomic E-state index is 11.3. The van der Waals surface area contributed by atoms with E-state index in [0.717, 1.165) is 19.3 Å². The van der Waals surface area contributed by atoms with Gasteiger partial charge >= 0.3 is 0 Å². The van der Waals surface area contributed by atoms with Crippen LogP contribution in [-0.2, 0) is 10.1 Å². The summed E-state index contributed by atoms with van der Waals surface area (Å²) in [5.74, 6) is 0. The molecule has 0 aliphatic carbocycles. The van der Waals surface area contributed by atoms with Gasteiger partial charge in [-0.25, -0.2) is 0 Å². The van der Waals surface area contributed by atoms with Gasteiger partial charge in [-0.2, -0.15) is 8.42 Å². The number of hydrogen-bond acceptors (Lipinski definition) is 3. The fourth-order valence-electron chi connectivity index (χ4n) is 3.15. The summed E-state index contributed by atoms with van der Waals surface area (Å²) in [6.07, 6.45) is 17.7. The Bertz CT molecular complexity index is 354. The van der Waals surface area contributed by atoms with E-state index < -0.39 is 15.4 Å². The Balaban J connectivity index is 3.43. The standard InChI is InChI=1S/C19H40O4S/c1-2-3-4-5-6-7-8-9-10-11-12-13-14-16-19(17-15-18-20)24(21,22)23/h19-20H,2-18H2,1H3,(H,21,22,23). The zero-order valence-electron chi connectivity index (χ0n) is 15.7. The van der Waals surface area contributed by atoms with Crippen LogP contribution in [0, 0.1) is 0 Å². The van der Waals surface area contributed by atoms with Crippen LogP contribution in [0.1, 0.15) is 110 Å². The highest BCUT2D eigenvalue weighted by atomic mass is 32.2. The average molecular weight is 365 g/mol. The van der Waals surface area contributed by atoms with E-state index in [4.69, 9.17) is 5.11 Å². The lowest BCUT2D eigenvalue weighted by atomic mass is 10.0. The fourth-order valence-corrected chi connectivity index (χ4v) is 4.08. The van der Waals surface area contributed by atoms with Crippen LogP contribution < -0.4 is 0 Å². The van der Waals surface area contributed by atoms with E-state index in [2.05, 4.69) is 6.92 Å². The first-order chi connectivity index (χ1) is 11.5. The molecule has 0 aliphatic rings. The van der Waals surface area contributed by atoms with Gasteiger partial charge in [-0.15, -0.1) is 0 Å². The second-order valence-corrected chi connectivity index (χ2v) is 8.73. The average Bonchev–Trinajstić information content (AvgIpc) is 2.53. The van der Waals surface area contributed by atoms with Crippen LogP contribution in [0.3, 0.4) is 0 Å². The lowest BCUT2D eigenvalue weighted by Crippen LogP contribution is -2.20. The highest BCUT2D eigenvalue weighted by Gasteiger charge is 2.21. The monoisotopic (exact) mass is 364 g/mol. The molecule has 0 aliphatic heterocycles. The Morgan fingerprint density at radius 1 is 0.667 bits per heavy atom. The summed E-state index contributed by atoms with van der Waals surface area (Å²) in [6.45, 7) is 2.22. The maximum Gasteiger partial charge on any atom is 0.267 e. The minimum Gasteiger partial charge on any atom is -0.396 e. The summed E-state index contributed by atoms with van der Waals surface area (Å²) in [5, 5.41) is 8.09. The first kappa shape index (κ1) is 23.9. The highest BCUT2D eigenvalue weighted by molar-refractivity contribution is 7.86. The Kier molecular flexibility index (Phi) is 16.3. The number of unbranched alkanes of at least 4 members (excludes halogenated alkanes) is 12. The molecular weight excluding hydrogens is 324 g/mol. The molecule has 0 aromatic heterocycles. The molecular formula is C19H40O4S. The van der Waals surface area contributed by atoms with Crippen LogP contribution in [0.4, 0.5) is 0 Å². The van der Waals surface area contributed by atoms with Crippen molar-refractivity contribution in [2.24, 2.45) is 0 Å². The second-order valence-electron chi connectivity index (χ2n) is 7.03. The van der Waals surface area contributed by atoms with Gasteiger partial charge < -0.3 is 5.11 Å². The fraction of sp³-hybridized carbons (Fsp3) is 1.00. The topological polar surface area (TPSA) is 74.6 Å². The second kappa shape index (κ2) is 16.3. The maximum atomic E-state index is 11.3. The molecule has 2 N–H and O–H groups in total. The van der Waals surface area contributed by atoms with Crippen LogP contribution in [0.5, 0.6) is 0 Å². The molecule has 146 valence electrons. The lowest BCUT2D eigenvalue weighted by Gasteiger charge is -2.12. The Morgan fingerprint density at radius 2 is 1.04 bits per heavy atom. The molecule has 0 spiro atoms. The van der Waals surface area contributed by atoms with Crippen molar-refractivity contribution in [1.29, 1.82) is 0 Å². The van der Waals surface area contributed by atoms with Crippen molar-refractivity contribution < 1.29 is 18.1 Å². The number of aliphatic hydroxyl groups excluding tert-OH is 1. The van der Waals surface area contributed by atoms with E-state index in [-0.39, 0.29) is 6.61 Å². The van der Waals surface area contributed by atoms with Crippen molar-refractivity contribution in [3.8, 4) is 0 Å². The van der Waals surface area contributed by atoms with Crippen molar-refractivity contribution in [3.05, 3.63) is 0 Å². The minimum absolute atomic E-state index is 0.0232. The minimum atomic E-state index is -3.96. The third kappa shape index (κ3) is 15.4.